The minimum atomic E-state index is 0.443. The number of aryl methyl sites for hydroxylation is 1. The zero-order chi connectivity index (χ0) is 17.2. The lowest BCUT2D eigenvalue weighted by Gasteiger charge is -2.06. The number of nitrogens with one attached hydrogen (secondary N) is 2. The van der Waals surface area contributed by atoms with Gasteiger partial charge in [-0.15, -0.1) is 40.6 Å². The molecule has 2 N–H and O–H groups in total. The number of amidine groups is 2. The second-order valence-corrected chi connectivity index (χ2v) is 5.39. The fraction of sp³-hybridized carbons (Fsp3) is 0.429. The van der Waals surface area contributed by atoms with Crippen molar-refractivity contribution in [3.63, 3.8) is 0 Å². The summed E-state index contributed by atoms with van der Waals surface area (Å²) in [6, 6.07) is 3.87. The van der Waals surface area contributed by atoms with Gasteiger partial charge in [-0.1, -0.05) is 0 Å². The highest BCUT2D eigenvalue weighted by Gasteiger charge is 2.11. The van der Waals surface area contributed by atoms with Crippen molar-refractivity contribution in [2.24, 2.45) is 27.5 Å². The first-order chi connectivity index (χ1) is 11.0. The Kier molecular flexibility index (Phi) is 8.49. The van der Waals surface area contributed by atoms with Crippen molar-refractivity contribution in [1.82, 2.24) is 15.2 Å². The molecule has 23 heavy (non-hydrogen) atoms. The topological polar surface area (TPSA) is 78.4 Å². The monoisotopic (exact) mass is 353 g/mol. The molecular weight excluding hydrogens is 330 g/mol. The molecule has 1 aromatic rings. The van der Waals surface area contributed by atoms with Crippen LogP contribution in [0.5, 0.6) is 0 Å². The zero-order valence-electron chi connectivity index (χ0n) is 13.8. The zero-order valence-corrected chi connectivity index (χ0v) is 15.6. The minimum Gasteiger partial charge on any atom is -0.364 e. The van der Waals surface area contributed by atoms with Gasteiger partial charge in [-0.2, -0.15) is 5.10 Å². The predicted octanol–water partition coefficient (Wildman–Crippen LogP) is 1.90. The summed E-state index contributed by atoms with van der Waals surface area (Å²) in [4.78, 5) is 0. The standard InChI is InChI=1S/C14H23N7S2/c1-5-15-13(22)19-17-10(3)12(11-8-7-9-21(11)4)18-20-14(23)16-6-2/h7-9H,5-6H2,1-4H3,(H2,15,19,22)(H2,16,20,23)/b17-10+,18-12-. The molecule has 0 aromatic carbocycles. The molecule has 0 fully saturated rings. The Balaban J connectivity index is 3.17. The number of hydrogen-bond donors (Lipinski definition) is 4. The van der Waals surface area contributed by atoms with Crippen molar-refractivity contribution in [2.45, 2.75) is 20.8 Å². The van der Waals surface area contributed by atoms with Crippen LogP contribution in [-0.2, 0) is 7.05 Å². The molecule has 7 nitrogen and oxygen atoms in total. The number of thiol groups is 2. The van der Waals surface area contributed by atoms with Gasteiger partial charge in [0.05, 0.1) is 11.4 Å². The lowest BCUT2D eigenvalue weighted by molar-refractivity contribution is 0.913. The molecule has 0 saturated carbocycles. The van der Waals surface area contributed by atoms with Crippen LogP contribution in [-0.4, -0.2) is 39.4 Å². The first kappa shape index (κ1) is 19.3. The van der Waals surface area contributed by atoms with E-state index >= 15 is 0 Å². The molecular formula is C14H23N7S2. The summed E-state index contributed by atoms with van der Waals surface area (Å²) in [6.45, 7) is 7.20. The Bertz CT molecular complexity index is 629. The predicted molar refractivity (Wildman–Crippen MR) is 105 cm³/mol. The fourth-order valence-corrected chi connectivity index (χ4v) is 2.08. The van der Waals surface area contributed by atoms with E-state index in [9.17, 15) is 0 Å². The summed E-state index contributed by atoms with van der Waals surface area (Å²) in [7, 11) is 1.93. The maximum atomic E-state index is 4.27. The molecule has 0 spiro atoms. The van der Waals surface area contributed by atoms with Crippen LogP contribution in [0, 0.1) is 0 Å². The average molecular weight is 354 g/mol. The van der Waals surface area contributed by atoms with Gasteiger partial charge in [-0.3, -0.25) is 0 Å². The quantitative estimate of drug-likeness (QED) is 0.273. The van der Waals surface area contributed by atoms with Crippen LogP contribution in [0.25, 0.3) is 0 Å². The fourth-order valence-electron chi connectivity index (χ4n) is 1.67. The van der Waals surface area contributed by atoms with Crippen LogP contribution >= 0.6 is 25.3 Å². The van der Waals surface area contributed by atoms with E-state index in [1.54, 1.807) is 0 Å². The summed E-state index contributed by atoms with van der Waals surface area (Å²) in [5.74, 6) is 0. The maximum Gasteiger partial charge on any atom is 0.180 e. The Morgan fingerprint density at radius 2 is 1.61 bits per heavy atom. The second-order valence-electron chi connectivity index (χ2n) is 4.55. The molecule has 1 aromatic heterocycles. The normalized spacial score (nSPS) is 14.2. The van der Waals surface area contributed by atoms with E-state index in [0.29, 0.717) is 21.8 Å². The van der Waals surface area contributed by atoms with Gasteiger partial charge >= 0.3 is 0 Å². The smallest absolute Gasteiger partial charge is 0.180 e. The molecule has 0 bridgehead atoms. The van der Waals surface area contributed by atoms with Crippen molar-refractivity contribution in [3.8, 4) is 0 Å². The summed E-state index contributed by atoms with van der Waals surface area (Å²) in [6.07, 6.45) is 1.93. The highest BCUT2D eigenvalue weighted by Crippen LogP contribution is 2.06. The van der Waals surface area contributed by atoms with Crippen molar-refractivity contribution in [3.05, 3.63) is 24.0 Å². The number of nitrogens with zero attached hydrogens (tertiary/aromatic N) is 5. The van der Waals surface area contributed by atoms with Gasteiger partial charge in [0.15, 0.2) is 10.3 Å². The summed E-state index contributed by atoms with van der Waals surface area (Å²) >= 11 is 8.42. The van der Waals surface area contributed by atoms with Crippen molar-refractivity contribution in [2.75, 3.05) is 13.1 Å². The van der Waals surface area contributed by atoms with E-state index in [4.69, 9.17) is 0 Å². The molecule has 0 aliphatic heterocycles. The van der Waals surface area contributed by atoms with Crippen molar-refractivity contribution >= 4 is 47.0 Å². The second kappa shape index (κ2) is 10.1. The average Bonchev–Trinajstić information content (AvgIpc) is 2.92. The third-order valence-corrected chi connectivity index (χ3v) is 3.23. The number of aromatic nitrogens is 1. The van der Waals surface area contributed by atoms with Crippen LogP contribution in [0.2, 0.25) is 0 Å². The largest absolute Gasteiger partial charge is 0.364 e. The van der Waals surface area contributed by atoms with E-state index in [1.807, 2.05) is 50.7 Å². The Morgan fingerprint density at radius 3 is 2.09 bits per heavy atom. The molecule has 9 heteroatoms. The van der Waals surface area contributed by atoms with Gasteiger partial charge in [0.1, 0.15) is 5.71 Å². The molecule has 0 aliphatic rings. The van der Waals surface area contributed by atoms with Crippen molar-refractivity contribution in [1.29, 1.82) is 0 Å². The number of rotatable bonds is 6. The van der Waals surface area contributed by atoms with E-state index in [2.05, 4.69) is 56.3 Å². The minimum absolute atomic E-state index is 0.443. The molecule has 1 heterocycles. The Hall–Kier alpha value is -1.74. The molecule has 0 unspecified atom stereocenters. The van der Waals surface area contributed by atoms with E-state index in [0.717, 1.165) is 18.8 Å². The maximum absolute atomic E-state index is 4.27. The van der Waals surface area contributed by atoms with Gasteiger partial charge in [0.25, 0.3) is 0 Å². The van der Waals surface area contributed by atoms with Crippen LogP contribution in [0.4, 0.5) is 0 Å². The number of hydrogen-bond acceptors (Lipinski definition) is 4. The molecule has 126 valence electrons. The van der Waals surface area contributed by atoms with Crippen LogP contribution in [0.3, 0.4) is 0 Å². The third kappa shape index (κ3) is 6.49. The molecule has 0 aliphatic carbocycles. The van der Waals surface area contributed by atoms with E-state index < -0.39 is 0 Å². The Morgan fingerprint density at radius 1 is 1.04 bits per heavy atom. The van der Waals surface area contributed by atoms with Gasteiger partial charge < -0.3 is 15.2 Å². The molecule has 0 amide bonds. The highest BCUT2D eigenvalue weighted by atomic mass is 32.1. The van der Waals surface area contributed by atoms with Gasteiger partial charge in [-0.05, 0) is 32.9 Å². The summed E-state index contributed by atoms with van der Waals surface area (Å²) in [5.41, 5.74) is 2.12. The van der Waals surface area contributed by atoms with E-state index in [1.165, 1.54) is 0 Å². The van der Waals surface area contributed by atoms with E-state index in [-0.39, 0.29) is 0 Å². The van der Waals surface area contributed by atoms with Gasteiger partial charge in [-0.25, -0.2) is 0 Å². The molecule has 0 radical (unpaired) electrons. The first-order valence-electron chi connectivity index (χ1n) is 7.25. The van der Waals surface area contributed by atoms with Crippen LogP contribution < -0.4 is 10.6 Å². The molecule has 0 saturated heterocycles. The summed E-state index contributed by atoms with van der Waals surface area (Å²) in [5, 5.41) is 23.4. The SMILES string of the molecule is CCN/C(S)=N/N=C(C)/C(=N/N=C(\S)NCC)c1cccn1C. The van der Waals surface area contributed by atoms with Crippen LogP contribution in [0.1, 0.15) is 26.5 Å². The third-order valence-electron chi connectivity index (χ3n) is 2.74. The van der Waals surface area contributed by atoms with Gasteiger partial charge in [0.2, 0.25) is 0 Å². The summed E-state index contributed by atoms with van der Waals surface area (Å²) < 4.78 is 1.94. The van der Waals surface area contributed by atoms with Crippen LogP contribution in [0.15, 0.2) is 38.7 Å². The lowest BCUT2D eigenvalue weighted by Crippen LogP contribution is -2.19. The molecule has 1 rings (SSSR count). The molecule has 0 atom stereocenters. The van der Waals surface area contributed by atoms with Gasteiger partial charge in [0, 0.05) is 26.3 Å². The first-order valence-corrected chi connectivity index (χ1v) is 8.14. The lowest BCUT2D eigenvalue weighted by atomic mass is 10.2. The van der Waals surface area contributed by atoms with Crippen molar-refractivity contribution < 1.29 is 0 Å². The Labute approximate surface area is 147 Å². The highest BCUT2D eigenvalue weighted by molar-refractivity contribution is 7.97.